The Bertz CT molecular complexity index is 154. The molecule has 0 rings (SSSR count). The van der Waals surface area contributed by atoms with Gasteiger partial charge in [-0.1, -0.05) is 6.58 Å². The van der Waals surface area contributed by atoms with Gasteiger partial charge in [-0.05, 0) is 38.8 Å². The van der Waals surface area contributed by atoms with Crippen molar-refractivity contribution in [2.45, 2.75) is 6.92 Å². The molecule has 0 heterocycles. The van der Waals surface area contributed by atoms with Crippen molar-refractivity contribution in [2.24, 2.45) is 0 Å². The van der Waals surface area contributed by atoms with Gasteiger partial charge < -0.3 is 9.64 Å². The molecule has 0 unspecified atom stereocenters. The standard InChI is InChI=1S/C8H15NOS/c1-7(2)8(11)10-6-5-9(3)4/h1,5-6H2,2-4H3. The molecule has 2 nitrogen and oxygen atoms in total. The minimum Gasteiger partial charge on any atom is -0.482 e. The lowest BCUT2D eigenvalue weighted by molar-refractivity contribution is 0.257. The first kappa shape index (κ1) is 10.6. The van der Waals surface area contributed by atoms with Crippen molar-refractivity contribution in [3.05, 3.63) is 12.2 Å². The molecule has 0 bridgehead atoms. The van der Waals surface area contributed by atoms with Crippen molar-refractivity contribution >= 4 is 17.3 Å². The van der Waals surface area contributed by atoms with E-state index in [9.17, 15) is 0 Å². The van der Waals surface area contributed by atoms with Crippen molar-refractivity contribution in [3.8, 4) is 0 Å². The molecule has 0 aliphatic heterocycles. The van der Waals surface area contributed by atoms with E-state index in [0.717, 1.165) is 12.1 Å². The minimum absolute atomic E-state index is 0.520. The first-order chi connectivity index (χ1) is 5.04. The van der Waals surface area contributed by atoms with Gasteiger partial charge in [0.05, 0.1) is 0 Å². The summed E-state index contributed by atoms with van der Waals surface area (Å²) in [6.07, 6.45) is 0. The first-order valence-corrected chi connectivity index (χ1v) is 3.92. The summed E-state index contributed by atoms with van der Waals surface area (Å²) in [7, 11) is 3.99. The van der Waals surface area contributed by atoms with E-state index >= 15 is 0 Å². The van der Waals surface area contributed by atoms with Gasteiger partial charge in [-0.3, -0.25) is 0 Å². The topological polar surface area (TPSA) is 12.5 Å². The van der Waals surface area contributed by atoms with Crippen LogP contribution in [0.15, 0.2) is 12.2 Å². The molecule has 0 aliphatic rings. The number of hydrogen-bond acceptors (Lipinski definition) is 3. The molecular formula is C8H15NOS. The lowest BCUT2D eigenvalue weighted by Crippen LogP contribution is -2.19. The maximum absolute atomic E-state index is 5.20. The fourth-order valence-corrected chi connectivity index (χ4v) is 0.527. The summed E-state index contributed by atoms with van der Waals surface area (Å²) >= 11 is 4.89. The minimum atomic E-state index is 0.520. The monoisotopic (exact) mass is 173 g/mol. The summed E-state index contributed by atoms with van der Waals surface area (Å²) in [6.45, 7) is 7.04. The Kier molecular flexibility index (Phi) is 5.07. The number of ether oxygens (including phenoxy) is 1. The number of hydrogen-bond donors (Lipinski definition) is 0. The van der Waals surface area contributed by atoms with Gasteiger partial charge in [0, 0.05) is 6.54 Å². The molecule has 0 radical (unpaired) electrons. The first-order valence-electron chi connectivity index (χ1n) is 3.51. The van der Waals surface area contributed by atoms with Crippen LogP contribution in [0.4, 0.5) is 0 Å². The Balaban J connectivity index is 3.40. The highest BCUT2D eigenvalue weighted by atomic mass is 32.1. The number of rotatable bonds is 4. The van der Waals surface area contributed by atoms with Crippen LogP contribution in [0.5, 0.6) is 0 Å². The largest absolute Gasteiger partial charge is 0.482 e. The lowest BCUT2D eigenvalue weighted by atomic mass is 10.4. The third kappa shape index (κ3) is 6.01. The lowest BCUT2D eigenvalue weighted by Gasteiger charge is -2.10. The Hall–Kier alpha value is -0.410. The molecule has 0 aromatic heterocycles. The SMILES string of the molecule is C=C(C)C(=S)OCCN(C)C. The normalized spacial score (nSPS) is 9.82. The summed E-state index contributed by atoms with van der Waals surface area (Å²) in [5.41, 5.74) is 0.818. The second-order valence-corrected chi connectivity index (χ2v) is 3.09. The van der Waals surface area contributed by atoms with Crippen LogP contribution in [0, 0.1) is 0 Å². The van der Waals surface area contributed by atoms with Gasteiger partial charge >= 0.3 is 0 Å². The van der Waals surface area contributed by atoms with Crippen molar-refractivity contribution in [3.63, 3.8) is 0 Å². The summed E-state index contributed by atoms with van der Waals surface area (Å²) in [6, 6.07) is 0. The highest BCUT2D eigenvalue weighted by molar-refractivity contribution is 7.80. The second kappa shape index (κ2) is 5.27. The summed E-state index contributed by atoms with van der Waals surface area (Å²) in [4.78, 5) is 2.04. The number of likely N-dealkylation sites (N-methyl/N-ethyl adjacent to an activating group) is 1. The molecule has 3 heteroatoms. The Morgan fingerprint density at radius 3 is 2.45 bits per heavy atom. The van der Waals surface area contributed by atoms with Gasteiger partial charge in [-0.2, -0.15) is 0 Å². The van der Waals surface area contributed by atoms with Crippen LogP contribution in [0.3, 0.4) is 0 Å². The van der Waals surface area contributed by atoms with E-state index in [1.165, 1.54) is 0 Å². The third-order valence-electron chi connectivity index (χ3n) is 1.12. The van der Waals surface area contributed by atoms with E-state index in [4.69, 9.17) is 17.0 Å². The predicted molar refractivity (Wildman–Crippen MR) is 51.9 cm³/mol. The Morgan fingerprint density at radius 2 is 2.09 bits per heavy atom. The highest BCUT2D eigenvalue weighted by Crippen LogP contribution is 1.94. The number of thiocarbonyl (C=S) groups is 1. The van der Waals surface area contributed by atoms with E-state index in [2.05, 4.69) is 6.58 Å². The molecule has 11 heavy (non-hydrogen) atoms. The van der Waals surface area contributed by atoms with E-state index < -0.39 is 0 Å². The molecule has 0 amide bonds. The molecule has 0 atom stereocenters. The molecule has 0 spiro atoms. The van der Waals surface area contributed by atoms with Crippen molar-refractivity contribution < 1.29 is 4.74 Å². The maximum atomic E-state index is 5.20. The highest BCUT2D eigenvalue weighted by Gasteiger charge is 1.97. The van der Waals surface area contributed by atoms with E-state index in [0.29, 0.717) is 11.7 Å². The Morgan fingerprint density at radius 1 is 1.55 bits per heavy atom. The molecule has 0 aromatic carbocycles. The van der Waals surface area contributed by atoms with Crippen LogP contribution in [0.1, 0.15) is 6.92 Å². The average Bonchev–Trinajstić information content (AvgIpc) is 1.86. The fourth-order valence-electron chi connectivity index (χ4n) is 0.444. The average molecular weight is 173 g/mol. The van der Waals surface area contributed by atoms with Crippen LogP contribution in [0.25, 0.3) is 0 Å². The van der Waals surface area contributed by atoms with Gasteiger partial charge in [0.1, 0.15) is 6.61 Å². The summed E-state index contributed by atoms with van der Waals surface area (Å²) in [5, 5.41) is 0.520. The molecule has 0 aromatic rings. The van der Waals surface area contributed by atoms with Crippen LogP contribution in [-0.4, -0.2) is 37.2 Å². The van der Waals surface area contributed by atoms with E-state index in [1.807, 2.05) is 25.9 Å². The van der Waals surface area contributed by atoms with Crippen LogP contribution < -0.4 is 0 Å². The van der Waals surface area contributed by atoms with Crippen molar-refractivity contribution in [2.75, 3.05) is 27.2 Å². The molecule has 0 fully saturated rings. The zero-order valence-corrected chi connectivity index (χ0v) is 8.20. The predicted octanol–water partition coefficient (Wildman–Crippen LogP) is 1.47. The summed E-state index contributed by atoms with van der Waals surface area (Å²) < 4.78 is 5.20. The van der Waals surface area contributed by atoms with Gasteiger partial charge in [0.15, 0.2) is 5.05 Å². The second-order valence-electron chi connectivity index (χ2n) is 2.72. The maximum Gasteiger partial charge on any atom is 0.186 e. The van der Waals surface area contributed by atoms with Crippen LogP contribution in [0.2, 0.25) is 0 Å². The van der Waals surface area contributed by atoms with Gasteiger partial charge in [-0.25, -0.2) is 0 Å². The van der Waals surface area contributed by atoms with Gasteiger partial charge in [-0.15, -0.1) is 0 Å². The zero-order chi connectivity index (χ0) is 8.85. The molecule has 0 saturated heterocycles. The quantitative estimate of drug-likeness (QED) is 0.472. The molecule has 0 aliphatic carbocycles. The van der Waals surface area contributed by atoms with E-state index in [1.54, 1.807) is 0 Å². The smallest absolute Gasteiger partial charge is 0.186 e. The van der Waals surface area contributed by atoms with Gasteiger partial charge in [0.2, 0.25) is 0 Å². The molecule has 0 N–H and O–H groups in total. The molecule has 0 saturated carbocycles. The van der Waals surface area contributed by atoms with Crippen LogP contribution >= 0.6 is 12.2 Å². The molecule has 64 valence electrons. The van der Waals surface area contributed by atoms with E-state index in [-0.39, 0.29) is 0 Å². The van der Waals surface area contributed by atoms with Crippen molar-refractivity contribution in [1.82, 2.24) is 4.90 Å². The van der Waals surface area contributed by atoms with Crippen LogP contribution in [-0.2, 0) is 4.74 Å². The Labute approximate surface area is 73.8 Å². The van der Waals surface area contributed by atoms with Crippen molar-refractivity contribution in [1.29, 1.82) is 0 Å². The van der Waals surface area contributed by atoms with Gasteiger partial charge in [0.25, 0.3) is 0 Å². The zero-order valence-electron chi connectivity index (χ0n) is 7.39. The molecular weight excluding hydrogens is 158 g/mol. The third-order valence-corrected chi connectivity index (χ3v) is 1.59. The summed E-state index contributed by atoms with van der Waals surface area (Å²) in [5.74, 6) is 0. The number of nitrogens with zero attached hydrogens (tertiary/aromatic N) is 1. The fraction of sp³-hybridized carbons (Fsp3) is 0.625.